The quantitative estimate of drug-likeness (QED) is 0.0644. The maximum atomic E-state index is 10.7. The molecule has 35 heavy (non-hydrogen) atoms. The van der Waals surface area contributed by atoms with E-state index in [1.165, 1.54) is 134 Å². The summed E-state index contributed by atoms with van der Waals surface area (Å²) in [5.74, 6) is 0. The van der Waals surface area contributed by atoms with E-state index in [1.807, 2.05) is 0 Å². The number of unbranched alkanes of at least 4 members (excludes halogenated alkanes) is 15. The molecule has 0 rings (SSSR count). The molecular weight excluding hydrogens is 494 g/mol. The first-order valence-corrected chi connectivity index (χ1v) is 18.8. The zero-order valence-electron chi connectivity index (χ0n) is 23.2. The van der Waals surface area contributed by atoms with Crippen molar-refractivity contribution in [2.45, 2.75) is 142 Å². The van der Waals surface area contributed by atoms with Gasteiger partial charge in [-0.2, -0.15) is 21.6 Å². The van der Waals surface area contributed by atoms with Gasteiger partial charge in [-0.3, -0.25) is 4.55 Å². The predicted octanol–water partition coefficient (Wildman–Crippen LogP) is 9.52. The molecule has 3 N–H and O–H groups in total. The molecule has 0 radical (unpaired) electrons. The predicted molar refractivity (Wildman–Crippen MR) is 149 cm³/mol. The summed E-state index contributed by atoms with van der Waals surface area (Å²) in [7, 11) is -5.84. The van der Waals surface area contributed by atoms with Crippen molar-refractivity contribution in [3.63, 3.8) is 0 Å². The van der Waals surface area contributed by atoms with Crippen LogP contribution < -0.4 is 5.50 Å². The summed E-state index contributed by atoms with van der Waals surface area (Å²) in [6, 6.07) is 0. The van der Waals surface area contributed by atoms with Crippen LogP contribution in [0.1, 0.15) is 136 Å². The van der Waals surface area contributed by atoms with Gasteiger partial charge < -0.3 is 0 Å². The Kier molecular flexibility index (Phi) is 21.4. The van der Waals surface area contributed by atoms with Crippen molar-refractivity contribution in [3.05, 3.63) is 0 Å². The maximum Gasteiger partial charge on any atom is 0.522 e. The van der Waals surface area contributed by atoms with Crippen molar-refractivity contribution < 1.29 is 26.1 Å². The molecule has 4 nitrogen and oxygen atoms in total. The van der Waals surface area contributed by atoms with Crippen LogP contribution in [0.2, 0.25) is 0 Å². The molecule has 0 aromatic heterocycles. The van der Waals surface area contributed by atoms with Gasteiger partial charge in [-0.25, -0.2) is 0 Å². The molecule has 0 spiro atoms. The molecule has 216 valence electrons. The first kappa shape index (κ1) is 37.2. The molecule has 0 saturated carbocycles. The molecule has 0 aromatic rings. The number of rotatable bonds is 21. The topological polar surface area (TPSA) is 80.4 Å². The standard InChI is InChI=1S/C25H56NP.CHF3O3S/c1-5-8-11-14-17-20-23-27(4,26,24-21-18-15-12-9-6-2)25-22-19-16-13-10-7-3;2-1(3,4)8(5,6)7/h5-26H2,1-4H3;(H,5,6,7). The minimum atomic E-state index is -5.84. The summed E-state index contributed by atoms with van der Waals surface area (Å²) in [5, 5.41) is 0. The fourth-order valence-corrected chi connectivity index (χ4v) is 8.61. The molecule has 0 aliphatic rings. The monoisotopic (exact) mass is 551 g/mol. The Balaban J connectivity index is 0. The van der Waals surface area contributed by atoms with Crippen molar-refractivity contribution >= 4 is 16.9 Å². The second kappa shape index (κ2) is 20.1. The molecule has 0 fully saturated rings. The van der Waals surface area contributed by atoms with Gasteiger partial charge in [0, 0.05) is 0 Å². The Hall–Kier alpha value is 0.0900. The largest absolute Gasteiger partial charge is 0.522 e. The average molecular weight is 552 g/mol. The number of halogens is 3. The smallest absolute Gasteiger partial charge is 0.279 e. The van der Waals surface area contributed by atoms with Gasteiger partial charge in [-0.15, -0.1) is 0 Å². The van der Waals surface area contributed by atoms with Crippen LogP contribution in [-0.2, 0) is 10.1 Å². The first-order valence-electron chi connectivity index (χ1n) is 14.1. The zero-order chi connectivity index (χ0) is 27.3. The summed E-state index contributed by atoms with van der Waals surface area (Å²) < 4.78 is 57.5. The van der Waals surface area contributed by atoms with Gasteiger partial charge in [-0.1, -0.05) is 0 Å². The Bertz CT molecular complexity index is 552. The summed E-state index contributed by atoms with van der Waals surface area (Å²) in [6.07, 6.45) is 29.3. The van der Waals surface area contributed by atoms with E-state index < -0.39 is 22.4 Å². The molecule has 0 amide bonds. The first-order chi connectivity index (χ1) is 16.2. The van der Waals surface area contributed by atoms with Gasteiger partial charge in [0.1, 0.15) is 0 Å². The molecule has 0 heterocycles. The third kappa shape index (κ3) is 23.0. The molecule has 9 heteroatoms. The Morgan fingerprint density at radius 2 is 0.800 bits per heavy atom. The van der Waals surface area contributed by atoms with Crippen LogP contribution in [0.4, 0.5) is 13.2 Å². The van der Waals surface area contributed by atoms with Gasteiger partial charge in [-0.05, 0) is 0 Å². The minimum absolute atomic E-state index is 1.35. The van der Waals surface area contributed by atoms with Crippen molar-refractivity contribution in [1.82, 2.24) is 0 Å². The summed E-state index contributed by atoms with van der Waals surface area (Å²) in [4.78, 5) is 0. The van der Waals surface area contributed by atoms with E-state index in [1.54, 1.807) is 0 Å². The van der Waals surface area contributed by atoms with E-state index in [0.29, 0.717) is 0 Å². The number of alkyl halides is 3. The fraction of sp³-hybridized carbons (Fsp3) is 1.00. The minimum Gasteiger partial charge on any atom is -0.279 e. The molecule has 0 atom stereocenters. The van der Waals surface area contributed by atoms with Crippen LogP contribution in [-0.4, -0.2) is 43.6 Å². The molecule has 0 saturated heterocycles. The third-order valence-corrected chi connectivity index (χ3v) is 12.4. The van der Waals surface area contributed by atoms with Crippen molar-refractivity contribution in [2.24, 2.45) is 5.50 Å². The number of hydrogen-bond acceptors (Lipinski definition) is 3. The van der Waals surface area contributed by atoms with Crippen molar-refractivity contribution in [2.75, 3.05) is 25.2 Å². The van der Waals surface area contributed by atoms with E-state index in [4.69, 9.17) is 18.5 Å². The molecule has 0 unspecified atom stereocenters. The Morgan fingerprint density at radius 1 is 0.600 bits per heavy atom. The van der Waals surface area contributed by atoms with Crippen molar-refractivity contribution in [1.29, 1.82) is 0 Å². The van der Waals surface area contributed by atoms with E-state index in [9.17, 15) is 13.2 Å². The van der Waals surface area contributed by atoms with Crippen molar-refractivity contribution in [3.8, 4) is 0 Å². The van der Waals surface area contributed by atoms with Gasteiger partial charge in [0.15, 0.2) is 0 Å². The Morgan fingerprint density at radius 3 is 1.00 bits per heavy atom. The average Bonchev–Trinajstić information content (AvgIpc) is 2.75. The van der Waals surface area contributed by atoms with Crippen LogP contribution in [0.5, 0.6) is 0 Å². The van der Waals surface area contributed by atoms with E-state index in [-0.39, 0.29) is 0 Å². The second-order valence-corrected chi connectivity index (χ2v) is 18.4. The summed E-state index contributed by atoms with van der Waals surface area (Å²) in [5.41, 5.74) is 1.76. The van der Waals surface area contributed by atoms with Gasteiger partial charge in [0.25, 0.3) is 0 Å². The van der Waals surface area contributed by atoms with E-state index in [0.717, 1.165) is 0 Å². The zero-order valence-corrected chi connectivity index (χ0v) is 24.9. The molecular formula is C26H57F3NO3PS. The maximum absolute atomic E-state index is 10.7. The number of nitrogens with two attached hydrogens (primary N) is 1. The van der Waals surface area contributed by atoms with Crippen LogP contribution in [0.25, 0.3) is 0 Å². The molecule has 0 bridgehead atoms. The molecule has 0 aromatic carbocycles. The fourth-order valence-electron chi connectivity index (χ4n) is 4.43. The van der Waals surface area contributed by atoms with E-state index >= 15 is 0 Å². The number of hydrogen-bond donors (Lipinski definition) is 2. The van der Waals surface area contributed by atoms with Gasteiger partial charge in [0.2, 0.25) is 0 Å². The summed E-state index contributed by atoms with van der Waals surface area (Å²) >= 11 is 0. The van der Waals surface area contributed by atoms with E-state index in [2.05, 4.69) is 27.4 Å². The normalized spacial score (nSPS) is 13.7. The van der Waals surface area contributed by atoms with Crippen LogP contribution in [0, 0.1) is 0 Å². The third-order valence-electron chi connectivity index (χ3n) is 6.83. The van der Waals surface area contributed by atoms with Gasteiger partial charge in [0.05, 0.1) is 0 Å². The molecule has 0 aliphatic carbocycles. The Labute approximate surface area is 215 Å². The van der Waals surface area contributed by atoms with Crippen LogP contribution in [0.15, 0.2) is 0 Å². The van der Waals surface area contributed by atoms with Crippen LogP contribution in [0.3, 0.4) is 0 Å². The molecule has 0 aliphatic heterocycles. The second-order valence-electron chi connectivity index (χ2n) is 10.8. The SMILES string of the molecule is CCCCCCCCP(C)(N)(CCCCCCCC)CCCCCCCC.O=S(=O)(O)C(F)(F)F. The van der Waals surface area contributed by atoms with Crippen LogP contribution >= 0.6 is 6.75 Å². The summed E-state index contributed by atoms with van der Waals surface area (Å²) in [6.45, 7) is 7.53. The van der Waals surface area contributed by atoms with Gasteiger partial charge >= 0.3 is 189 Å².